The molecule has 1 heterocycles. The maximum Gasteiger partial charge on any atom is 0.165 e. The average molecular weight is 291 g/mol. The number of hydrogen-bond acceptors (Lipinski definition) is 3. The van der Waals surface area contributed by atoms with Gasteiger partial charge in [-0.3, -0.25) is 0 Å². The summed E-state index contributed by atoms with van der Waals surface area (Å²) in [7, 11) is 1.46. The van der Waals surface area contributed by atoms with Crippen molar-refractivity contribution >= 4 is 0 Å². The highest BCUT2D eigenvalue weighted by Crippen LogP contribution is 2.24. The van der Waals surface area contributed by atoms with Crippen LogP contribution in [0, 0.1) is 5.82 Å². The van der Waals surface area contributed by atoms with Crippen LogP contribution in [0.15, 0.2) is 24.4 Å². The maximum absolute atomic E-state index is 13.7. The summed E-state index contributed by atoms with van der Waals surface area (Å²) < 4.78 is 18.6. The number of imidazole rings is 1. The number of hydrogen-bond donors (Lipinski definition) is 2. The minimum absolute atomic E-state index is 0.249. The molecule has 0 amide bonds. The molecule has 21 heavy (non-hydrogen) atoms. The largest absolute Gasteiger partial charge is 0.494 e. The zero-order valence-electron chi connectivity index (χ0n) is 12.4. The first kappa shape index (κ1) is 15.5. The predicted octanol–water partition coefficient (Wildman–Crippen LogP) is 3.29. The molecule has 0 fully saturated rings. The van der Waals surface area contributed by atoms with E-state index in [4.69, 9.17) is 10.5 Å². The van der Waals surface area contributed by atoms with Crippen LogP contribution in [0.2, 0.25) is 0 Å². The van der Waals surface area contributed by atoms with Gasteiger partial charge in [-0.2, -0.15) is 0 Å². The van der Waals surface area contributed by atoms with Gasteiger partial charge in [-0.15, -0.1) is 0 Å². The molecule has 0 aliphatic carbocycles. The second kappa shape index (κ2) is 7.78. The van der Waals surface area contributed by atoms with Crippen LogP contribution < -0.4 is 10.5 Å². The van der Waals surface area contributed by atoms with Gasteiger partial charge < -0.3 is 15.5 Å². The average Bonchev–Trinajstić information content (AvgIpc) is 2.96. The van der Waals surface area contributed by atoms with Gasteiger partial charge in [-0.25, -0.2) is 9.37 Å². The Bertz CT molecular complexity index is 568. The molecule has 0 saturated carbocycles. The van der Waals surface area contributed by atoms with Crippen molar-refractivity contribution in [1.29, 1.82) is 0 Å². The van der Waals surface area contributed by atoms with Crippen molar-refractivity contribution in [2.45, 2.75) is 32.1 Å². The Morgan fingerprint density at radius 2 is 2.05 bits per heavy atom. The minimum Gasteiger partial charge on any atom is -0.494 e. The van der Waals surface area contributed by atoms with Gasteiger partial charge in [-0.1, -0.05) is 12.8 Å². The van der Waals surface area contributed by atoms with E-state index in [1.165, 1.54) is 13.2 Å². The van der Waals surface area contributed by atoms with E-state index in [1.54, 1.807) is 12.3 Å². The van der Waals surface area contributed by atoms with Crippen LogP contribution in [0.3, 0.4) is 0 Å². The maximum atomic E-state index is 13.7. The molecular weight excluding hydrogens is 269 g/mol. The summed E-state index contributed by atoms with van der Waals surface area (Å²) in [6, 6.07) is 4.90. The molecular formula is C16H22FN3O. The van der Waals surface area contributed by atoms with Gasteiger partial charge in [0.05, 0.1) is 19.0 Å². The van der Waals surface area contributed by atoms with Crippen molar-refractivity contribution < 1.29 is 9.13 Å². The van der Waals surface area contributed by atoms with Gasteiger partial charge in [0.2, 0.25) is 0 Å². The summed E-state index contributed by atoms with van der Waals surface area (Å²) in [5.41, 5.74) is 7.07. The fraction of sp³-hybridized carbons (Fsp3) is 0.438. The quantitative estimate of drug-likeness (QED) is 0.734. The number of halogens is 1. The Labute approximate surface area is 124 Å². The van der Waals surface area contributed by atoms with Crippen molar-refractivity contribution in [2.75, 3.05) is 13.7 Å². The number of aromatic nitrogens is 2. The lowest BCUT2D eigenvalue weighted by molar-refractivity contribution is 0.386. The van der Waals surface area contributed by atoms with Crippen molar-refractivity contribution in [3.05, 3.63) is 36.0 Å². The predicted molar refractivity (Wildman–Crippen MR) is 81.8 cm³/mol. The topological polar surface area (TPSA) is 63.9 Å². The number of nitrogens with zero attached hydrogens (tertiary/aromatic N) is 1. The van der Waals surface area contributed by atoms with Crippen LogP contribution in [-0.4, -0.2) is 23.6 Å². The third-order valence-electron chi connectivity index (χ3n) is 3.46. The van der Waals surface area contributed by atoms with E-state index in [0.717, 1.165) is 55.7 Å². The first-order valence-electron chi connectivity index (χ1n) is 7.32. The number of methoxy groups -OCH3 is 1. The number of rotatable bonds is 8. The number of ether oxygens (including phenoxy) is 1. The van der Waals surface area contributed by atoms with E-state index in [1.807, 2.05) is 6.07 Å². The van der Waals surface area contributed by atoms with Crippen LogP contribution in [0.25, 0.3) is 11.3 Å². The molecule has 0 bridgehead atoms. The summed E-state index contributed by atoms with van der Waals surface area (Å²) in [5.74, 6) is 0.820. The summed E-state index contributed by atoms with van der Waals surface area (Å²) >= 11 is 0. The normalized spacial score (nSPS) is 10.8. The summed E-state index contributed by atoms with van der Waals surface area (Å²) in [5, 5.41) is 0. The van der Waals surface area contributed by atoms with Gasteiger partial charge >= 0.3 is 0 Å². The lowest BCUT2D eigenvalue weighted by Gasteiger charge is -2.03. The summed E-state index contributed by atoms with van der Waals surface area (Å²) in [6.07, 6.45) is 7.14. The first-order chi connectivity index (χ1) is 10.2. The highest BCUT2D eigenvalue weighted by molar-refractivity contribution is 5.59. The smallest absolute Gasteiger partial charge is 0.165 e. The van der Waals surface area contributed by atoms with Crippen molar-refractivity contribution in [3.8, 4) is 17.0 Å². The number of benzene rings is 1. The number of unbranched alkanes of at least 4 members (excludes halogenated alkanes) is 3. The molecule has 114 valence electrons. The molecule has 0 aliphatic rings. The van der Waals surface area contributed by atoms with Gasteiger partial charge in [0.1, 0.15) is 5.82 Å². The molecule has 5 heteroatoms. The van der Waals surface area contributed by atoms with Crippen LogP contribution in [0.1, 0.15) is 31.5 Å². The molecule has 0 unspecified atom stereocenters. The Kier molecular flexibility index (Phi) is 5.75. The molecule has 4 nitrogen and oxygen atoms in total. The lowest BCUT2D eigenvalue weighted by atomic mass is 10.1. The lowest BCUT2D eigenvalue weighted by Crippen LogP contribution is -1.98. The summed E-state index contributed by atoms with van der Waals surface area (Å²) in [4.78, 5) is 7.59. The van der Waals surface area contributed by atoms with E-state index in [-0.39, 0.29) is 11.6 Å². The van der Waals surface area contributed by atoms with E-state index >= 15 is 0 Å². The molecule has 0 aliphatic heterocycles. The first-order valence-corrected chi connectivity index (χ1v) is 7.32. The fourth-order valence-electron chi connectivity index (χ4n) is 2.26. The highest BCUT2D eigenvalue weighted by atomic mass is 19.1. The summed E-state index contributed by atoms with van der Waals surface area (Å²) in [6.45, 7) is 0.758. The molecule has 0 saturated heterocycles. The Morgan fingerprint density at radius 1 is 1.24 bits per heavy atom. The van der Waals surface area contributed by atoms with Gasteiger partial charge in [0.25, 0.3) is 0 Å². The van der Waals surface area contributed by atoms with E-state index in [0.29, 0.717) is 0 Å². The Hall–Kier alpha value is -1.88. The van der Waals surface area contributed by atoms with Crippen LogP contribution >= 0.6 is 0 Å². The van der Waals surface area contributed by atoms with Crippen LogP contribution in [0.4, 0.5) is 4.39 Å². The molecule has 1 aromatic carbocycles. The standard InChI is InChI=1S/C16H22FN3O/c1-21-15-8-7-12(10-13(15)17)14-11-19-16(20-14)6-4-2-3-5-9-18/h7-8,10-11H,2-6,9,18H2,1H3,(H,19,20). The monoisotopic (exact) mass is 291 g/mol. The molecule has 0 atom stereocenters. The number of aryl methyl sites for hydroxylation is 1. The zero-order chi connectivity index (χ0) is 15.1. The Morgan fingerprint density at radius 3 is 2.76 bits per heavy atom. The van der Waals surface area contributed by atoms with Gasteiger partial charge in [-0.05, 0) is 37.6 Å². The third kappa shape index (κ3) is 4.29. The molecule has 1 aromatic heterocycles. The van der Waals surface area contributed by atoms with Crippen molar-refractivity contribution in [1.82, 2.24) is 9.97 Å². The van der Waals surface area contributed by atoms with E-state index < -0.39 is 0 Å². The Balaban J connectivity index is 1.94. The number of nitrogens with two attached hydrogens (primary N) is 1. The van der Waals surface area contributed by atoms with Gasteiger partial charge in [0.15, 0.2) is 11.6 Å². The number of aromatic amines is 1. The van der Waals surface area contributed by atoms with E-state index in [9.17, 15) is 4.39 Å². The number of nitrogens with one attached hydrogen (secondary N) is 1. The van der Waals surface area contributed by atoms with Crippen LogP contribution in [-0.2, 0) is 6.42 Å². The van der Waals surface area contributed by atoms with Gasteiger partial charge in [0, 0.05) is 12.0 Å². The fourth-order valence-corrected chi connectivity index (χ4v) is 2.26. The van der Waals surface area contributed by atoms with Crippen molar-refractivity contribution in [2.24, 2.45) is 5.73 Å². The van der Waals surface area contributed by atoms with Crippen LogP contribution in [0.5, 0.6) is 5.75 Å². The minimum atomic E-state index is -0.368. The highest BCUT2D eigenvalue weighted by Gasteiger charge is 2.07. The molecule has 2 aromatic rings. The van der Waals surface area contributed by atoms with E-state index in [2.05, 4.69) is 9.97 Å². The second-order valence-electron chi connectivity index (χ2n) is 5.05. The zero-order valence-corrected chi connectivity index (χ0v) is 12.4. The molecule has 3 N–H and O–H groups in total. The second-order valence-corrected chi connectivity index (χ2v) is 5.05. The SMILES string of the molecule is COc1ccc(-c2cnc(CCCCCCN)[nH]2)cc1F. The molecule has 2 rings (SSSR count). The molecule has 0 radical (unpaired) electrons. The third-order valence-corrected chi connectivity index (χ3v) is 3.46. The number of H-pyrrole nitrogens is 1. The molecule has 0 spiro atoms. The van der Waals surface area contributed by atoms with Crippen molar-refractivity contribution in [3.63, 3.8) is 0 Å².